The zero-order valence-electron chi connectivity index (χ0n) is 8.67. The molecule has 0 aliphatic rings. The number of rotatable bonds is 3. The van der Waals surface area contributed by atoms with Gasteiger partial charge in [-0.25, -0.2) is 4.39 Å². The molecule has 14 heavy (non-hydrogen) atoms. The lowest BCUT2D eigenvalue weighted by atomic mass is 9.97. The summed E-state index contributed by atoms with van der Waals surface area (Å²) in [4.78, 5) is 0. The number of hydrogen-bond acceptors (Lipinski definition) is 2. The summed E-state index contributed by atoms with van der Waals surface area (Å²) in [5.74, 6) is 0.138. The Bertz CT molecular complexity index is 316. The molecule has 0 bridgehead atoms. The van der Waals surface area contributed by atoms with Crippen molar-refractivity contribution >= 4 is 0 Å². The van der Waals surface area contributed by atoms with Gasteiger partial charge in [0.1, 0.15) is 11.6 Å². The van der Waals surface area contributed by atoms with E-state index in [2.05, 4.69) is 0 Å². The second-order valence-corrected chi connectivity index (χ2v) is 3.91. The van der Waals surface area contributed by atoms with Crippen LogP contribution in [-0.4, -0.2) is 17.8 Å². The molecule has 0 saturated carbocycles. The van der Waals surface area contributed by atoms with E-state index >= 15 is 0 Å². The molecule has 3 heteroatoms. The molecule has 0 heterocycles. The highest BCUT2D eigenvalue weighted by atomic mass is 19.1. The lowest BCUT2D eigenvalue weighted by molar-refractivity contribution is 0.0792. The number of aliphatic hydroxyl groups is 1. The van der Waals surface area contributed by atoms with E-state index in [1.54, 1.807) is 26.0 Å². The quantitative estimate of drug-likeness (QED) is 0.806. The van der Waals surface area contributed by atoms with Crippen LogP contribution in [0.15, 0.2) is 18.2 Å². The first-order valence-electron chi connectivity index (χ1n) is 4.48. The molecular formula is C11H15FO2. The van der Waals surface area contributed by atoms with E-state index in [4.69, 9.17) is 4.74 Å². The summed E-state index contributed by atoms with van der Waals surface area (Å²) in [5.41, 5.74) is -0.516. The first-order chi connectivity index (χ1) is 6.44. The van der Waals surface area contributed by atoms with E-state index in [0.717, 1.165) is 0 Å². The van der Waals surface area contributed by atoms with E-state index in [-0.39, 0.29) is 12.2 Å². The van der Waals surface area contributed by atoms with Gasteiger partial charge in [0, 0.05) is 12.0 Å². The fourth-order valence-corrected chi connectivity index (χ4v) is 1.33. The average Bonchev–Trinajstić information content (AvgIpc) is 2.06. The molecule has 2 nitrogen and oxygen atoms in total. The molecule has 78 valence electrons. The Balaban J connectivity index is 3.05. The topological polar surface area (TPSA) is 29.5 Å². The first kappa shape index (κ1) is 11.0. The minimum absolute atomic E-state index is 0.239. The monoisotopic (exact) mass is 198 g/mol. The highest BCUT2D eigenvalue weighted by Gasteiger charge is 2.19. The van der Waals surface area contributed by atoms with Gasteiger partial charge in [-0.15, -0.1) is 0 Å². The molecule has 1 aromatic rings. The maximum Gasteiger partial charge on any atom is 0.130 e. The molecular weight excluding hydrogens is 183 g/mol. The van der Waals surface area contributed by atoms with Crippen LogP contribution in [0.3, 0.4) is 0 Å². The van der Waals surface area contributed by atoms with Crippen LogP contribution in [0.25, 0.3) is 0 Å². The SMILES string of the molecule is COc1cccc(F)c1CC(C)(C)O. The van der Waals surface area contributed by atoms with Gasteiger partial charge in [0.25, 0.3) is 0 Å². The number of halogens is 1. The lowest BCUT2D eigenvalue weighted by Crippen LogP contribution is -2.23. The van der Waals surface area contributed by atoms with Crippen molar-refractivity contribution in [1.82, 2.24) is 0 Å². The van der Waals surface area contributed by atoms with Gasteiger partial charge in [-0.2, -0.15) is 0 Å². The third-order valence-corrected chi connectivity index (χ3v) is 1.91. The molecule has 0 aromatic heterocycles. The molecule has 0 atom stereocenters. The predicted octanol–water partition coefficient (Wildman–Crippen LogP) is 2.15. The first-order valence-corrected chi connectivity index (χ1v) is 4.48. The molecule has 0 saturated heterocycles. The van der Waals surface area contributed by atoms with Crippen LogP contribution in [0.2, 0.25) is 0 Å². The molecule has 0 fully saturated rings. The summed E-state index contributed by atoms with van der Waals surface area (Å²) < 4.78 is 18.4. The van der Waals surface area contributed by atoms with Crippen LogP contribution in [0.5, 0.6) is 5.75 Å². The number of hydrogen-bond donors (Lipinski definition) is 1. The normalized spacial score (nSPS) is 11.5. The van der Waals surface area contributed by atoms with E-state index in [1.165, 1.54) is 13.2 Å². The maximum absolute atomic E-state index is 13.4. The Kier molecular flexibility index (Phi) is 3.11. The molecule has 0 unspecified atom stereocenters. The Morgan fingerprint density at radius 3 is 2.57 bits per heavy atom. The molecule has 0 radical (unpaired) electrons. The number of benzene rings is 1. The van der Waals surface area contributed by atoms with Gasteiger partial charge >= 0.3 is 0 Å². The van der Waals surface area contributed by atoms with Crippen molar-refractivity contribution in [1.29, 1.82) is 0 Å². The van der Waals surface area contributed by atoms with Gasteiger partial charge in [-0.1, -0.05) is 6.07 Å². The summed E-state index contributed by atoms with van der Waals surface area (Å²) >= 11 is 0. The maximum atomic E-state index is 13.4. The summed E-state index contributed by atoms with van der Waals surface area (Å²) in [6.07, 6.45) is 0.239. The van der Waals surface area contributed by atoms with Crippen molar-refractivity contribution in [2.75, 3.05) is 7.11 Å². The van der Waals surface area contributed by atoms with Gasteiger partial charge in [0.2, 0.25) is 0 Å². The van der Waals surface area contributed by atoms with Gasteiger partial charge in [-0.3, -0.25) is 0 Å². The summed E-state index contributed by atoms with van der Waals surface area (Å²) in [6.45, 7) is 3.28. The second-order valence-electron chi connectivity index (χ2n) is 3.91. The molecule has 0 aliphatic heterocycles. The third-order valence-electron chi connectivity index (χ3n) is 1.91. The molecule has 0 aliphatic carbocycles. The van der Waals surface area contributed by atoms with Crippen LogP contribution < -0.4 is 4.74 Å². The van der Waals surface area contributed by atoms with E-state index < -0.39 is 5.60 Å². The third kappa shape index (κ3) is 2.70. The van der Waals surface area contributed by atoms with Crippen LogP contribution in [-0.2, 0) is 6.42 Å². The Hall–Kier alpha value is -1.09. The minimum Gasteiger partial charge on any atom is -0.496 e. The zero-order chi connectivity index (χ0) is 10.8. The minimum atomic E-state index is -0.935. The van der Waals surface area contributed by atoms with Crippen molar-refractivity contribution in [2.45, 2.75) is 25.9 Å². The summed E-state index contributed by atoms with van der Waals surface area (Å²) in [6, 6.07) is 4.63. The summed E-state index contributed by atoms with van der Waals surface area (Å²) in [7, 11) is 1.49. The molecule has 1 N–H and O–H groups in total. The number of ether oxygens (including phenoxy) is 1. The zero-order valence-corrected chi connectivity index (χ0v) is 8.67. The smallest absolute Gasteiger partial charge is 0.130 e. The van der Waals surface area contributed by atoms with Crippen molar-refractivity contribution < 1.29 is 14.2 Å². The Morgan fingerprint density at radius 2 is 2.07 bits per heavy atom. The van der Waals surface area contributed by atoms with Gasteiger partial charge < -0.3 is 9.84 Å². The molecule has 0 spiro atoms. The predicted molar refractivity (Wildman–Crippen MR) is 53.0 cm³/mol. The highest BCUT2D eigenvalue weighted by molar-refractivity contribution is 5.35. The molecule has 1 aromatic carbocycles. The largest absolute Gasteiger partial charge is 0.496 e. The van der Waals surface area contributed by atoms with Gasteiger partial charge in [0.15, 0.2) is 0 Å². The van der Waals surface area contributed by atoms with E-state index in [1.807, 2.05) is 0 Å². The van der Waals surface area contributed by atoms with Crippen LogP contribution >= 0.6 is 0 Å². The molecule has 1 rings (SSSR count). The van der Waals surface area contributed by atoms with Crippen LogP contribution in [0.1, 0.15) is 19.4 Å². The van der Waals surface area contributed by atoms with E-state index in [9.17, 15) is 9.50 Å². The van der Waals surface area contributed by atoms with Crippen molar-refractivity contribution in [3.8, 4) is 5.75 Å². The molecule has 0 amide bonds. The highest BCUT2D eigenvalue weighted by Crippen LogP contribution is 2.25. The Morgan fingerprint density at radius 1 is 1.43 bits per heavy atom. The fourth-order valence-electron chi connectivity index (χ4n) is 1.33. The van der Waals surface area contributed by atoms with Crippen molar-refractivity contribution in [2.24, 2.45) is 0 Å². The van der Waals surface area contributed by atoms with Gasteiger partial charge in [-0.05, 0) is 26.0 Å². The van der Waals surface area contributed by atoms with E-state index in [0.29, 0.717) is 11.3 Å². The van der Waals surface area contributed by atoms with Gasteiger partial charge in [0.05, 0.1) is 12.7 Å². The Labute approximate surface area is 83.3 Å². The second kappa shape index (κ2) is 3.96. The standard InChI is InChI=1S/C11H15FO2/c1-11(2,13)7-8-9(12)5-4-6-10(8)14-3/h4-6,13H,7H2,1-3H3. The van der Waals surface area contributed by atoms with Crippen LogP contribution in [0, 0.1) is 5.82 Å². The van der Waals surface area contributed by atoms with Crippen LogP contribution in [0.4, 0.5) is 4.39 Å². The average molecular weight is 198 g/mol. The lowest BCUT2D eigenvalue weighted by Gasteiger charge is -2.19. The van der Waals surface area contributed by atoms with Crippen molar-refractivity contribution in [3.05, 3.63) is 29.6 Å². The fraction of sp³-hybridized carbons (Fsp3) is 0.455. The summed E-state index contributed by atoms with van der Waals surface area (Å²) in [5, 5.41) is 9.59. The number of methoxy groups -OCH3 is 1. The van der Waals surface area contributed by atoms with Crippen molar-refractivity contribution in [3.63, 3.8) is 0 Å².